The molecule has 1 aliphatic rings. The number of hydrogen-bond donors (Lipinski definition) is 1. The number of rotatable bonds is 7. The molecule has 0 saturated carbocycles. The minimum atomic E-state index is -0.464. The van der Waals surface area contributed by atoms with Gasteiger partial charge in [-0.2, -0.15) is 0 Å². The second kappa shape index (κ2) is 10.9. The Labute approximate surface area is 192 Å². The van der Waals surface area contributed by atoms with E-state index in [0.29, 0.717) is 48.2 Å². The van der Waals surface area contributed by atoms with E-state index in [0.717, 1.165) is 5.69 Å². The molecule has 0 atom stereocenters. The Kier molecular flexibility index (Phi) is 7.94. The summed E-state index contributed by atoms with van der Waals surface area (Å²) < 4.78 is 10.6. The summed E-state index contributed by atoms with van der Waals surface area (Å²) in [5.74, 6) is -0.279. The van der Waals surface area contributed by atoms with E-state index in [1.54, 1.807) is 61.2 Å². The van der Waals surface area contributed by atoms with Gasteiger partial charge in [-0.1, -0.05) is 11.6 Å². The minimum absolute atomic E-state index is 0.0372. The molecule has 2 aromatic carbocycles. The Bertz CT molecular complexity index is 972. The van der Waals surface area contributed by atoms with E-state index < -0.39 is 5.97 Å². The largest absolute Gasteiger partial charge is 0.484 e. The summed E-state index contributed by atoms with van der Waals surface area (Å²) >= 11 is 5.86. The quantitative estimate of drug-likeness (QED) is 0.640. The number of ether oxygens (including phenoxy) is 2. The number of esters is 1. The molecular weight excluding hydrogens is 434 g/mol. The molecule has 0 radical (unpaired) electrons. The van der Waals surface area contributed by atoms with Crippen molar-refractivity contribution in [2.75, 3.05) is 49.6 Å². The van der Waals surface area contributed by atoms with Crippen molar-refractivity contribution in [3.8, 4) is 5.75 Å². The summed E-state index contributed by atoms with van der Waals surface area (Å²) in [7, 11) is 0. The summed E-state index contributed by atoms with van der Waals surface area (Å²) in [5, 5.41) is 3.42. The van der Waals surface area contributed by atoms with Gasteiger partial charge < -0.3 is 24.6 Å². The van der Waals surface area contributed by atoms with E-state index >= 15 is 0 Å². The van der Waals surface area contributed by atoms with Crippen LogP contribution in [-0.2, 0) is 14.3 Å². The van der Waals surface area contributed by atoms with Crippen molar-refractivity contribution in [1.82, 2.24) is 4.90 Å². The average molecular weight is 460 g/mol. The van der Waals surface area contributed by atoms with Crippen molar-refractivity contribution in [2.45, 2.75) is 13.8 Å². The zero-order valence-corrected chi connectivity index (χ0v) is 18.9. The molecule has 9 heteroatoms. The molecule has 0 aromatic heterocycles. The number of piperazine rings is 1. The van der Waals surface area contributed by atoms with Crippen LogP contribution >= 0.6 is 11.6 Å². The Balaban J connectivity index is 1.75. The predicted molar refractivity (Wildman–Crippen MR) is 122 cm³/mol. The number of carbonyl (C=O) groups is 3. The molecule has 0 aliphatic carbocycles. The highest BCUT2D eigenvalue weighted by Gasteiger charge is 2.22. The van der Waals surface area contributed by atoms with E-state index in [9.17, 15) is 14.4 Å². The van der Waals surface area contributed by atoms with Gasteiger partial charge in [0.15, 0.2) is 6.61 Å². The van der Waals surface area contributed by atoms with Crippen LogP contribution in [0.3, 0.4) is 0 Å². The first-order valence-electron chi connectivity index (χ1n) is 10.4. The smallest absolute Gasteiger partial charge is 0.338 e. The number of nitrogens with one attached hydrogen (secondary N) is 1. The molecule has 0 unspecified atom stereocenters. The van der Waals surface area contributed by atoms with Gasteiger partial charge in [0.05, 0.1) is 23.5 Å². The Morgan fingerprint density at radius 3 is 2.34 bits per heavy atom. The van der Waals surface area contributed by atoms with E-state index in [1.165, 1.54) is 0 Å². The Morgan fingerprint density at radius 1 is 1.03 bits per heavy atom. The van der Waals surface area contributed by atoms with Crippen LogP contribution in [0.15, 0.2) is 42.5 Å². The molecule has 1 saturated heterocycles. The first kappa shape index (κ1) is 23.4. The van der Waals surface area contributed by atoms with Gasteiger partial charge in [-0.25, -0.2) is 4.79 Å². The third-order valence-electron chi connectivity index (χ3n) is 5.03. The summed E-state index contributed by atoms with van der Waals surface area (Å²) in [5.41, 5.74) is 1.59. The second-order valence-corrected chi connectivity index (χ2v) is 7.67. The molecular formula is C23H26ClN3O5. The summed E-state index contributed by atoms with van der Waals surface area (Å²) in [6.07, 6.45) is 0. The van der Waals surface area contributed by atoms with Crippen LogP contribution in [0.2, 0.25) is 5.02 Å². The van der Waals surface area contributed by atoms with Crippen LogP contribution in [0.5, 0.6) is 5.75 Å². The summed E-state index contributed by atoms with van der Waals surface area (Å²) in [6.45, 7) is 5.73. The zero-order chi connectivity index (χ0) is 23.1. The van der Waals surface area contributed by atoms with Crippen molar-refractivity contribution >= 4 is 40.8 Å². The van der Waals surface area contributed by atoms with Crippen LogP contribution in [-0.4, -0.2) is 62.1 Å². The maximum atomic E-state index is 12.6. The van der Waals surface area contributed by atoms with Crippen molar-refractivity contribution in [2.24, 2.45) is 0 Å². The SMILES string of the molecule is CCOC(=O)c1ccc(N2CCN(C(C)=O)CC2)c(NC(=O)COc2ccc(Cl)cc2)c1. The summed E-state index contributed by atoms with van der Waals surface area (Å²) in [6, 6.07) is 11.8. The van der Waals surface area contributed by atoms with Gasteiger partial charge in [0, 0.05) is 38.1 Å². The molecule has 2 aromatic rings. The van der Waals surface area contributed by atoms with Crippen LogP contribution in [0.4, 0.5) is 11.4 Å². The summed E-state index contributed by atoms with van der Waals surface area (Å²) in [4.78, 5) is 40.3. The Hall–Kier alpha value is -3.26. The standard InChI is InChI=1S/C23H26ClN3O5/c1-3-31-23(30)17-4-9-21(27-12-10-26(11-13-27)16(2)28)20(14-17)25-22(29)15-32-19-7-5-18(24)6-8-19/h4-9,14H,3,10-13,15H2,1-2H3,(H,25,29). The number of nitrogens with zero attached hydrogens (tertiary/aromatic N) is 2. The zero-order valence-electron chi connectivity index (χ0n) is 18.1. The van der Waals surface area contributed by atoms with Gasteiger partial charge >= 0.3 is 5.97 Å². The molecule has 3 rings (SSSR count). The molecule has 1 fully saturated rings. The van der Waals surface area contributed by atoms with Gasteiger partial charge in [-0.15, -0.1) is 0 Å². The lowest BCUT2D eigenvalue weighted by molar-refractivity contribution is -0.129. The van der Waals surface area contributed by atoms with Crippen LogP contribution in [0, 0.1) is 0 Å². The molecule has 1 N–H and O–H groups in total. The van der Waals surface area contributed by atoms with Crippen molar-refractivity contribution < 1.29 is 23.9 Å². The number of amides is 2. The van der Waals surface area contributed by atoms with Crippen molar-refractivity contribution in [3.05, 3.63) is 53.1 Å². The van der Waals surface area contributed by atoms with Crippen LogP contribution < -0.4 is 15.0 Å². The molecule has 1 heterocycles. The van der Waals surface area contributed by atoms with Gasteiger partial charge in [-0.3, -0.25) is 9.59 Å². The van der Waals surface area contributed by atoms with Gasteiger partial charge in [0.25, 0.3) is 5.91 Å². The monoisotopic (exact) mass is 459 g/mol. The number of halogens is 1. The molecule has 1 aliphatic heterocycles. The molecule has 170 valence electrons. The highest BCUT2D eigenvalue weighted by Crippen LogP contribution is 2.29. The first-order valence-corrected chi connectivity index (χ1v) is 10.7. The third kappa shape index (κ3) is 6.13. The minimum Gasteiger partial charge on any atom is -0.484 e. The molecule has 0 spiro atoms. The highest BCUT2D eigenvalue weighted by atomic mass is 35.5. The predicted octanol–water partition coefficient (Wildman–Crippen LogP) is 3.20. The number of carbonyl (C=O) groups excluding carboxylic acids is 3. The maximum absolute atomic E-state index is 12.6. The topological polar surface area (TPSA) is 88.2 Å². The number of hydrogen-bond acceptors (Lipinski definition) is 6. The average Bonchev–Trinajstić information content (AvgIpc) is 2.79. The lowest BCUT2D eigenvalue weighted by atomic mass is 10.1. The van der Waals surface area contributed by atoms with E-state index in [4.69, 9.17) is 21.1 Å². The van der Waals surface area contributed by atoms with Crippen molar-refractivity contribution in [3.63, 3.8) is 0 Å². The fourth-order valence-electron chi connectivity index (χ4n) is 3.38. The third-order valence-corrected chi connectivity index (χ3v) is 5.28. The lowest BCUT2D eigenvalue weighted by Crippen LogP contribution is -2.48. The number of benzene rings is 2. The van der Waals surface area contributed by atoms with Crippen LogP contribution in [0.1, 0.15) is 24.2 Å². The molecule has 32 heavy (non-hydrogen) atoms. The second-order valence-electron chi connectivity index (χ2n) is 7.24. The number of anilines is 2. The van der Waals surface area contributed by atoms with Gasteiger partial charge in [0.2, 0.25) is 5.91 Å². The lowest BCUT2D eigenvalue weighted by Gasteiger charge is -2.36. The normalized spacial score (nSPS) is 13.5. The highest BCUT2D eigenvalue weighted by molar-refractivity contribution is 6.30. The van der Waals surface area contributed by atoms with Gasteiger partial charge in [-0.05, 0) is 49.4 Å². The molecule has 8 nitrogen and oxygen atoms in total. The van der Waals surface area contributed by atoms with Gasteiger partial charge in [0.1, 0.15) is 5.75 Å². The van der Waals surface area contributed by atoms with Crippen LogP contribution in [0.25, 0.3) is 0 Å². The fourth-order valence-corrected chi connectivity index (χ4v) is 3.51. The van der Waals surface area contributed by atoms with E-state index in [1.807, 2.05) is 0 Å². The molecule has 0 bridgehead atoms. The first-order chi connectivity index (χ1) is 15.4. The van der Waals surface area contributed by atoms with E-state index in [-0.39, 0.29) is 25.0 Å². The Morgan fingerprint density at radius 2 is 1.72 bits per heavy atom. The van der Waals surface area contributed by atoms with Crippen molar-refractivity contribution in [1.29, 1.82) is 0 Å². The fraction of sp³-hybridized carbons (Fsp3) is 0.348. The molecule has 2 amide bonds. The maximum Gasteiger partial charge on any atom is 0.338 e. The van der Waals surface area contributed by atoms with E-state index in [2.05, 4.69) is 10.2 Å².